The Morgan fingerprint density at radius 2 is 2.06 bits per heavy atom. The second-order valence-corrected chi connectivity index (χ2v) is 5.36. The highest BCUT2D eigenvalue weighted by atomic mass is 79.9. The molecule has 0 aromatic heterocycles. The van der Waals surface area contributed by atoms with Crippen molar-refractivity contribution in [3.63, 3.8) is 0 Å². The summed E-state index contributed by atoms with van der Waals surface area (Å²) in [5.74, 6) is -0.0599. The number of rotatable bonds is 5. The van der Waals surface area contributed by atoms with Crippen LogP contribution in [0.25, 0.3) is 0 Å². The van der Waals surface area contributed by atoms with Crippen LogP contribution in [0.1, 0.15) is 31.2 Å². The normalized spacial score (nSPS) is 14.8. The number of benzene rings is 1. The molecule has 4 heteroatoms. The zero-order valence-corrected chi connectivity index (χ0v) is 11.9. The third-order valence-electron chi connectivity index (χ3n) is 3.26. The molecule has 1 amide bonds. The summed E-state index contributed by atoms with van der Waals surface area (Å²) < 4.78 is 13.2. The summed E-state index contributed by atoms with van der Waals surface area (Å²) in [5, 5.41) is 1.00. The highest BCUT2D eigenvalue weighted by molar-refractivity contribution is 9.09. The summed E-state index contributed by atoms with van der Waals surface area (Å²) in [5.41, 5.74) is 1.85. The van der Waals surface area contributed by atoms with Gasteiger partial charge in [0.15, 0.2) is 0 Å². The van der Waals surface area contributed by atoms with Gasteiger partial charge in [0.05, 0.1) is 0 Å². The predicted octanol–water partition coefficient (Wildman–Crippen LogP) is 3.67. The first kappa shape index (κ1) is 13.5. The Morgan fingerprint density at radius 1 is 1.22 bits per heavy atom. The molecule has 98 valence electrons. The number of anilines is 1. The fourth-order valence-corrected chi connectivity index (χ4v) is 2.71. The smallest absolute Gasteiger partial charge is 0.227 e. The Morgan fingerprint density at radius 3 is 2.83 bits per heavy atom. The second kappa shape index (κ2) is 6.32. The Kier molecular flexibility index (Phi) is 4.75. The molecule has 1 aliphatic rings. The molecule has 0 aliphatic carbocycles. The Bertz CT molecular complexity index is 436. The molecule has 0 saturated heterocycles. The predicted molar refractivity (Wildman–Crippen MR) is 74.7 cm³/mol. The van der Waals surface area contributed by atoms with Crippen molar-refractivity contribution in [3.05, 3.63) is 29.6 Å². The molecule has 1 heterocycles. The molecule has 0 atom stereocenters. The average molecular weight is 314 g/mol. The quantitative estimate of drug-likeness (QED) is 0.600. The van der Waals surface area contributed by atoms with Crippen molar-refractivity contribution in [1.29, 1.82) is 0 Å². The van der Waals surface area contributed by atoms with E-state index in [1.807, 2.05) is 4.90 Å². The molecule has 1 aromatic carbocycles. The van der Waals surface area contributed by atoms with Crippen LogP contribution in [0, 0.1) is 5.82 Å². The summed E-state index contributed by atoms with van der Waals surface area (Å²) in [6.07, 6.45) is 4.37. The SMILES string of the molecule is O=C1CCc2cc(F)ccc2N1CCCCCBr. The van der Waals surface area contributed by atoms with Gasteiger partial charge in [-0.2, -0.15) is 0 Å². The first-order chi connectivity index (χ1) is 8.72. The Hall–Kier alpha value is -0.900. The third kappa shape index (κ3) is 3.10. The van der Waals surface area contributed by atoms with E-state index in [1.54, 1.807) is 12.1 Å². The standard InChI is InChI=1S/C14H17BrFNO/c15-8-2-1-3-9-17-13-6-5-12(16)10-11(13)4-7-14(17)18/h5-6,10H,1-4,7-9H2. The van der Waals surface area contributed by atoms with Gasteiger partial charge in [0.1, 0.15) is 5.82 Å². The number of unbranched alkanes of at least 4 members (excludes halogenated alkanes) is 2. The maximum Gasteiger partial charge on any atom is 0.227 e. The van der Waals surface area contributed by atoms with E-state index in [4.69, 9.17) is 0 Å². The van der Waals surface area contributed by atoms with Crippen LogP contribution in [-0.2, 0) is 11.2 Å². The third-order valence-corrected chi connectivity index (χ3v) is 3.82. The first-order valence-electron chi connectivity index (χ1n) is 6.37. The van der Waals surface area contributed by atoms with Crippen molar-refractivity contribution in [3.8, 4) is 0 Å². The van der Waals surface area contributed by atoms with Crippen molar-refractivity contribution in [2.24, 2.45) is 0 Å². The number of amides is 1. The average Bonchev–Trinajstić information content (AvgIpc) is 2.37. The van der Waals surface area contributed by atoms with Crippen molar-refractivity contribution in [1.82, 2.24) is 0 Å². The van der Waals surface area contributed by atoms with E-state index >= 15 is 0 Å². The molecule has 0 fully saturated rings. The minimum Gasteiger partial charge on any atom is -0.312 e. The highest BCUT2D eigenvalue weighted by Gasteiger charge is 2.23. The fraction of sp³-hybridized carbons (Fsp3) is 0.500. The van der Waals surface area contributed by atoms with E-state index in [0.29, 0.717) is 12.8 Å². The molecule has 0 bridgehead atoms. The summed E-state index contributed by atoms with van der Waals surface area (Å²) in [6.45, 7) is 0.741. The molecular formula is C14H17BrFNO. The van der Waals surface area contributed by atoms with Gasteiger partial charge in [-0.1, -0.05) is 22.4 Å². The van der Waals surface area contributed by atoms with Crippen molar-refractivity contribution in [2.45, 2.75) is 32.1 Å². The summed E-state index contributed by atoms with van der Waals surface area (Å²) in [4.78, 5) is 13.7. The number of aryl methyl sites for hydroxylation is 1. The van der Waals surface area contributed by atoms with Crippen LogP contribution < -0.4 is 4.90 Å². The molecule has 1 aromatic rings. The molecule has 2 rings (SSSR count). The lowest BCUT2D eigenvalue weighted by molar-refractivity contribution is -0.118. The first-order valence-corrected chi connectivity index (χ1v) is 7.49. The van der Waals surface area contributed by atoms with Gasteiger partial charge in [0.25, 0.3) is 0 Å². The van der Waals surface area contributed by atoms with Crippen molar-refractivity contribution in [2.75, 3.05) is 16.8 Å². The lowest BCUT2D eigenvalue weighted by Gasteiger charge is -2.29. The zero-order chi connectivity index (χ0) is 13.0. The van der Waals surface area contributed by atoms with E-state index in [0.717, 1.165) is 42.4 Å². The fourth-order valence-electron chi connectivity index (χ4n) is 2.31. The van der Waals surface area contributed by atoms with Crippen LogP contribution in [0.3, 0.4) is 0 Å². The van der Waals surface area contributed by atoms with Gasteiger partial charge in [0.2, 0.25) is 5.91 Å². The molecule has 2 nitrogen and oxygen atoms in total. The summed E-state index contributed by atoms with van der Waals surface area (Å²) in [6, 6.07) is 4.71. The van der Waals surface area contributed by atoms with Gasteiger partial charge < -0.3 is 4.90 Å². The highest BCUT2D eigenvalue weighted by Crippen LogP contribution is 2.28. The van der Waals surface area contributed by atoms with Crippen LogP contribution in [0.15, 0.2) is 18.2 Å². The molecule has 0 radical (unpaired) electrons. The maximum atomic E-state index is 13.2. The van der Waals surface area contributed by atoms with E-state index in [-0.39, 0.29) is 11.7 Å². The number of fused-ring (bicyclic) bond motifs is 1. The molecule has 0 unspecified atom stereocenters. The summed E-state index contributed by atoms with van der Waals surface area (Å²) in [7, 11) is 0. The van der Waals surface area contributed by atoms with E-state index in [2.05, 4.69) is 15.9 Å². The number of nitrogens with zero attached hydrogens (tertiary/aromatic N) is 1. The van der Waals surface area contributed by atoms with E-state index in [9.17, 15) is 9.18 Å². The van der Waals surface area contributed by atoms with Crippen LogP contribution in [-0.4, -0.2) is 17.8 Å². The lowest BCUT2D eigenvalue weighted by atomic mass is 10.0. The zero-order valence-electron chi connectivity index (χ0n) is 10.3. The van der Waals surface area contributed by atoms with Crippen molar-refractivity contribution < 1.29 is 9.18 Å². The molecule has 18 heavy (non-hydrogen) atoms. The monoisotopic (exact) mass is 313 g/mol. The molecule has 1 aliphatic heterocycles. The van der Waals surface area contributed by atoms with Gasteiger partial charge >= 0.3 is 0 Å². The van der Waals surface area contributed by atoms with E-state index < -0.39 is 0 Å². The Labute approximate surface area is 115 Å². The minimum absolute atomic E-state index is 0.160. The number of hydrogen-bond donors (Lipinski definition) is 0. The van der Waals surface area contributed by atoms with Gasteiger partial charge in [-0.15, -0.1) is 0 Å². The van der Waals surface area contributed by atoms with Gasteiger partial charge in [-0.05, 0) is 43.0 Å². The number of alkyl halides is 1. The molecular weight excluding hydrogens is 297 g/mol. The van der Waals surface area contributed by atoms with Crippen LogP contribution in [0.4, 0.5) is 10.1 Å². The topological polar surface area (TPSA) is 20.3 Å². The molecule has 0 N–H and O–H groups in total. The Balaban J connectivity index is 2.08. The summed E-state index contributed by atoms with van der Waals surface area (Å²) >= 11 is 3.40. The van der Waals surface area contributed by atoms with Crippen LogP contribution >= 0.6 is 15.9 Å². The van der Waals surface area contributed by atoms with Crippen LogP contribution in [0.5, 0.6) is 0 Å². The number of carbonyl (C=O) groups excluding carboxylic acids is 1. The van der Waals surface area contributed by atoms with Gasteiger partial charge in [-0.3, -0.25) is 4.79 Å². The lowest BCUT2D eigenvalue weighted by Crippen LogP contribution is -2.35. The van der Waals surface area contributed by atoms with Gasteiger partial charge in [0, 0.05) is 24.0 Å². The molecule has 0 saturated carbocycles. The van der Waals surface area contributed by atoms with Crippen LogP contribution in [0.2, 0.25) is 0 Å². The largest absolute Gasteiger partial charge is 0.312 e. The number of hydrogen-bond acceptors (Lipinski definition) is 1. The second-order valence-electron chi connectivity index (χ2n) is 4.57. The van der Waals surface area contributed by atoms with E-state index in [1.165, 1.54) is 6.07 Å². The number of carbonyl (C=O) groups is 1. The van der Waals surface area contributed by atoms with Gasteiger partial charge in [-0.25, -0.2) is 4.39 Å². The molecule has 0 spiro atoms. The maximum absolute atomic E-state index is 13.2. The number of halogens is 2. The minimum atomic E-state index is -0.220. The van der Waals surface area contributed by atoms with Crippen molar-refractivity contribution >= 4 is 27.5 Å².